The van der Waals surface area contributed by atoms with E-state index in [1.54, 1.807) is 18.2 Å². The molecule has 10 heteroatoms. The van der Waals surface area contributed by atoms with Crippen molar-refractivity contribution in [2.75, 3.05) is 11.9 Å². The third-order valence-electron chi connectivity index (χ3n) is 5.20. The van der Waals surface area contributed by atoms with Crippen LogP contribution in [0.3, 0.4) is 0 Å². The summed E-state index contributed by atoms with van der Waals surface area (Å²) in [6, 6.07) is 17.8. The fourth-order valence-electron chi connectivity index (χ4n) is 3.35. The Kier molecular flexibility index (Phi) is 9.37. The van der Waals surface area contributed by atoms with Crippen molar-refractivity contribution in [2.45, 2.75) is 44.2 Å². The van der Waals surface area contributed by atoms with Gasteiger partial charge in [-0.3, -0.25) is 4.79 Å². The SMILES string of the molecule is CC(C)(C)c1ccc(CN(Cc2cccc(NCC(=O)O)n2)S(=O)(=O)c2ccccc2F)cc1.Cl. The number of carboxylic acids is 1. The van der Waals surface area contributed by atoms with Crippen LogP contribution < -0.4 is 5.32 Å². The van der Waals surface area contributed by atoms with E-state index in [0.717, 1.165) is 17.2 Å². The summed E-state index contributed by atoms with van der Waals surface area (Å²) in [6.45, 7) is 5.83. The minimum atomic E-state index is -4.20. The lowest BCUT2D eigenvalue weighted by molar-refractivity contribution is -0.134. The zero-order chi connectivity index (χ0) is 24.9. The van der Waals surface area contributed by atoms with Gasteiger partial charge < -0.3 is 10.4 Å². The first-order valence-corrected chi connectivity index (χ1v) is 12.2. The molecule has 1 heterocycles. The second-order valence-electron chi connectivity index (χ2n) is 8.91. The normalized spacial score (nSPS) is 11.7. The molecule has 0 saturated heterocycles. The highest BCUT2D eigenvalue weighted by molar-refractivity contribution is 7.89. The van der Waals surface area contributed by atoms with E-state index in [1.807, 2.05) is 24.3 Å². The second kappa shape index (κ2) is 11.6. The Morgan fingerprint density at radius 2 is 1.66 bits per heavy atom. The van der Waals surface area contributed by atoms with Gasteiger partial charge in [0.05, 0.1) is 12.2 Å². The molecule has 3 aromatic rings. The largest absolute Gasteiger partial charge is 0.480 e. The maximum absolute atomic E-state index is 14.5. The van der Waals surface area contributed by atoms with Crippen LogP contribution in [0.15, 0.2) is 71.6 Å². The van der Waals surface area contributed by atoms with E-state index in [4.69, 9.17) is 5.11 Å². The first-order chi connectivity index (χ1) is 16.0. The molecule has 0 aliphatic rings. The van der Waals surface area contributed by atoms with Gasteiger partial charge in [-0.05, 0) is 40.8 Å². The molecule has 0 fully saturated rings. The number of pyridine rings is 1. The van der Waals surface area contributed by atoms with E-state index < -0.39 is 26.7 Å². The summed E-state index contributed by atoms with van der Waals surface area (Å²) in [5.41, 5.74) is 2.19. The van der Waals surface area contributed by atoms with Crippen LogP contribution in [-0.4, -0.2) is 35.3 Å². The Bertz CT molecular complexity index is 1260. The monoisotopic (exact) mass is 521 g/mol. The van der Waals surface area contributed by atoms with Gasteiger partial charge in [0.2, 0.25) is 10.0 Å². The average molecular weight is 522 g/mol. The quantitative estimate of drug-likeness (QED) is 0.418. The van der Waals surface area contributed by atoms with E-state index in [1.165, 1.54) is 22.5 Å². The Labute approximate surface area is 211 Å². The fourth-order valence-corrected chi connectivity index (χ4v) is 4.81. The molecule has 0 aliphatic carbocycles. The first kappa shape index (κ1) is 28.2. The van der Waals surface area contributed by atoms with Crippen molar-refractivity contribution in [3.8, 4) is 0 Å². The molecule has 35 heavy (non-hydrogen) atoms. The smallest absolute Gasteiger partial charge is 0.322 e. The van der Waals surface area contributed by atoms with Crippen molar-refractivity contribution >= 4 is 34.2 Å². The van der Waals surface area contributed by atoms with E-state index in [9.17, 15) is 17.6 Å². The van der Waals surface area contributed by atoms with Crippen LogP contribution in [0.4, 0.5) is 10.2 Å². The zero-order valence-corrected chi connectivity index (χ0v) is 21.4. The Morgan fingerprint density at radius 3 is 2.26 bits per heavy atom. The van der Waals surface area contributed by atoms with Gasteiger partial charge in [0.15, 0.2) is 0 Å². The van der Waals surface area contributed by atoms with Crippen molar-refractivity contribution in [1.82, 2.24) is 9.29 Å². The van der Waals surface area contributed by atoms with Gasteiger partial charge in [0.25, 0.3) is 0 Å². The molecule has 3 rings (SSSR count). The van der Waals surface area contributed by atoms with Crippen LogP contribution in [0.25, 0.3) is 0 Å². The molecule has 0 amide bonds. The second-order valence-corrected chi connectivity index (χ2v) is 10.8. The number of hydrogen-bond acceptors (Lipinski definition) is 5. The van der Waals surface area contributed by atoms with E-state index >= 15 is 0 Å². The highest BCUT2D eigenvalue weighted by atomic mass is 35.5. The van der Waals surface area contributed by atoms with Crippen molar-refractivity contribution < 1.29 is 22.7 Å². The molecule has 0 unspecified atom stereocenters. The number of halogens is 2. The van der Waals surface area contributed by atoms with Crippen LogP contribution in [0.5, 0.6) is 0 Å². The Morgan fingerprint density at radius 1 is 1.00 bits per heavy atom. The van der Waals surface area contributed by atoms with Crippen LogP contribution in [0, 0.1) is 5.82 Å². The van der Waals surface area contributed by atoms with Gasteiger partial charge in [-0.2, -0.15) is 4.31 Å². The van der Waals surface area contributed by atoms with Gasteiger partial charge in [-0.15, -0.1) is 12.4 Å². The zero-order valence-electron chi connectivity index (χ0n) is 19.7. The van der Waals surface area contributed by atoms with Gasteiger partial charge in [0, 0.05) is 6.54 Å². The first-order valence-electron chi connectivity index (χ1n) is 10.7. The topological polar surface area (TPSA) is 99.6 Å². The average Bonchev–Trinajstić information content (AvgIpc) is 2.77. The predicted octanol–water partition coefficient (Wildman–Crippen LogP) is 4.83. The van der Waals surface area contributed by atoms with Crippen molar-refractivity contribution in [3.05, 3.63) is 89.4 Å². The molecule has 0 spiro atoms. The number of nitrogens with one attached hydrogen (secondary N) is 1. The van der Waals surface area contributed by atoms with Crippen molar-refractivity contribution in [2.24, 2.45) is 0 Å². The maximum Gasteiger partial charge on any atom is 0.322 e. The lowest BCUT2D eigenvalue weighted by Gasteiger charge is -2.24. The van der Waals surface area contributed by atoms with Crippen LogP contribution >= 0.6 is 12.4 Å². The molecular weight excluding hydrogens is 493 g/mol. The number of hydrogen-bond donors (Lipinski definition) is 2. The number of aliphatic carboxylic acids is 1. The van der Waals surface area contributed by atoms with E-state index in [-0.39, 0.29) is 37.5 Å². The summed E-state index contributed by atoms with van der Waals surface area (Å²) in [5, 5.41) is 11.5. The molecule has 7 nitrogen and oxygen atoms in total. The standard InChI is InChI=1S/C25H28FN3O4S.ClH/c1-25(2,3)19-13-11-18(12-14-19)16-29(34(32,33)22-9-5-4-8-21(22)26)17-20-7-6-10-23(28-20)27-15-24(30)31;/h4-14H,15-17H2,1-3H3,(H,27,28)(H,30,31);1H. The minimum absolute atomic E-state index is 0. The highest BCUT2D eigenvalue weighted by Crippen LogP contribution is 2.26. The molecule has 0 radical (unpaired) electrons. The molecule has 0 saturated carbocycles. The number of rotatable bonds is 9. The molecule has 2 aromatic carbocycles. The number of benzene rings is 2. The van der Waals surface area contributed by atoms with Crippen LogP contribution in [0.2, 0.25) is 0 Å². The molecule has 0 aliphatic heterocycles. The number of anilines is 1. The summed E-state index contributed by atoms with van der Waals surface area (Å²) < 4.78 is 42.5. The summed E-state index contributed by atoms with van der Waals surface area (Å²) in [7, 11) is -4.20. The molecule has 2 N–H and O–H groups in total. The van der Waals surface area contributed by atoms with Gasteiger partial charge in [-0.1, -0.05) is 63.2 Å². The number of carboxylic acid groups (broad SMARTS) is 1. The fraction of sp³-hybridized carbons (Fsp3) is 0.280. The summed E-state index contributed by atoms with van der Waals surface area (Å²) >= 11 is 0. The number of nitrogens with zero attached hydrogens (tertiary/aromatic N) is 2. The lowest BCUT2D eigenvalue weighted by atomic mass is 9.87. The van der Waals surface area contributed by atoms with Crippen molar-refractivity contribution in [3.63, 3.8) is 0 Å². The van der Waals surface area contributed by atoms with Gasteiger partial charge in [-0.25, -0.2) is 17.8 Å². The highest BCUT2D eigenvalue weighted by Gasteiger charge is 2.28. The molecule has 0 atom stereocenters. The van der Waals surface area contributed by atoms with Crippen LogP contribution in [0.1, 0.15) is 37.6 Å². The predicted molar refractivity (Wildman–Crippen MR) is 136 cm³/mol. The van der Waals surface area contributed by atoms with E-state index in [0.29, 0.717) is 11.5 Å². The maximum atomic E-state index is 14.5. The number of carbonyl (C=O) groups is 1. The van der Waals surface area contributed by atoms with Gasteiger partial charge in [0.1, 0.15) is 23.1 Å². The number of sulfonamides is 1. The molecule has 1 aromatic heterocycles. The van der Waals surface area contributed by atoms with Gasteiger partial charge >= 0.3 is 5.97 Å². The minimum Gasteiger partial charge on any atom is -0.480 e. The third-order valence-corrected chi connectivity index (χ3v) is 7.02. The lowest BCUT2D eigenvalue weighted by Crippen LogP contribution is -2.31. The Balaban J connectivity index is 0.00000432. The third kappa shape index (κ3) is 7.48. The Hall–Kier alpha value is -3.01. The number of aromatic nitrogens is 1. The summed E-state index contributed by atoms with van der Waals surface area (Å²) in [4.78, 5) is 14.7. The molecule has 0 bridgehead atoms. The molecule has 188 valence electrons. The summed E-state index contributed by atoms with van der Waals surface area (Å²) in [6.07, 6.45) is 0. The van der Waals surface area contributed by atoms with Crippen LogP contribution in [-0.2, 0) is 33.3 Å². The van der Waals surface area contributed by atoms with Crippen molar-refractivity contribution in [1.29, 1.82) is 0 Å². The van der Waals surface area contributed by atoms with E-state index in [2.05, 4.69) is 31.1 Å². The summed E-state index contributed by atoms with van der Waals surface area (Å²) in [5.74, 6) is -1.58. The molecular formula is C25H29ClFN3O4S.